The molecule has 0 saturated carbocycles. The zero-order valence-electron chi connectivity index (χ0n) is 19.6. The van der Waals surface area contributed by atoms with Gasteiger partial charge in [-0.2, -0.15) is 0 Å². The van der Waals surface area contributed by atoms with Crippen LogP contribution in [0.5, 0.6) is 0 Å². The van der Waals surface area contributed by atoms with Gasteiger partial charge in [-0.3, -0.25) is 4.79 Å². The van der Waals surface area contributed by atoms with Gasteiger partial charge in [0.2, 0.25) is 0 Å². The number of hydrogen-bond donors (Lipinski definition) is 7. The van der Waals surface area contributed by atoms with Crippen LogP contribution in [-0.4, -0.2) is 111 Å². The van der Waals surface area contributed by atoms with Gasteiger partial charge in [0.05, 0.1) is 0 Å². The Morgan fingerprint density at radius 2 is 0.657 bits per heavy atom. The van der Waals surface area contributed by atoms with Crippen molar-refractivity contribution in [3.8, 4) is 0 Å². The Bertz CT molecular complexity index is 184. The number of aliphatic hydroxyl groups is 4. The summed E-state index contributed by atoms with van der Waals surface area (Å²) in [6.45, 7) is 15.4. The average Bonchev–Trinajstić information content (AvgIpc) is 2.11. The number of hydrogen-bond acceptors (Lipinski definition) is 8. The Morgan fingerprint density at radius 1 is 0.657 bits per heavy atom. The Kier molecular flexibility index (Phi) is 534. The summed E-state index contributed by atoms with van der Waals surface area (Å²) in [4.78, 5) is 17.2. The fourth-order valence-electron chi connectivity index (χ4n) is 0. The van der Waals surface area contributed by atoms with Crippen molar-refractivity contribution in [2.45, 2.75) is 131 Å². The van der Waals surface area contributed by atoms with E-state index < -0.39 is 5.97 Å². The first kappa shape index (κ1) is 135. The van der Waals surface area contributed by atoms with E-state index in [4.69, 9.17) is 40.2 Å². The molecule has 0 aromatic rings. The Balaban J connectivity index is -0.00000000581. The van der Waals surface area contributed by atoms with Gasteiger partial charge in [-0.05, 0) is 55.4 Å². The second-order valence-corrected chi connectivity index (χ2v) is 4.99. The van der Waals surface area contributed by atoms with Crippen LogP contribution in [0.3, 0.4) is 0 Å². The molecule has 0 radical (unpaired) electrons. The molecule has 0 aliphatic rings. The predicted octanol–water partition coefficient (Wildman–Crippen LogP) is 5.12. The molecule has 0 atom stereocenters. The monoisotopic (exact) mass is 762 g/mol. The molecular formula is C22H68CaNO9TiW-. The summed E-state index contributed by atoms with van der Waals surface area (Å²) in [5.74, 6) is -0.833. The van der Waals surface area contributed by atoms with E-state index in [1.807, 2.05) is 0 Å². The molecule has 0 fully saturated rings. The summed E-state index contributed by atoms with van der Waals surface area (Å²) in [5.41, 5.74) is 0. The molecule has 35 heavy (non-hydrogen) atoms. The maximum Gasteiger partial charge on any atom is 2.00 e. The zero-order valence-corrected chi connectivity index (χ0v) is 26.3. The normalized spacial score (nSPS) is 5.17. The minimum Gasteiger partial charge on any atom is -0.870 e. The van der Waals surface area contributed by atoms with Gasteiger partial charge >= 0.3 is 37.7 Å². The van der Waals surface area contributed by atoms with E-state index >= 15 is 0 Å². The quantitative estimate of drug-likeness (QED) is 0.128. The fraction of sp³-hybridized carbons (Fsp3) is 0.864. The number of carboxylic acid groups (broad SMARTS) is 1. The van der Waals surface area contributed by atoms with Crippen LogP contribution in [-0.2, 0) is 52.4 Å². The third kappa shape index (κ3) is 21200. The molecule has 0 spiro atoms. The molecule has 10 nitrogen and oxygen atoms in total. The number of carbonyl (C=O) groups is 1. The van der Waals surface area contributed by atoms with Gasteiger partial charge in [0.15, 0.2) is 0 Å². The smallest absolute Gasteiger partial charge is 0.870 e. The first-order valence-electron chi connectivity index (χ1n) is 7.01. The van der Waals surface area contributed by atoms with Gasteiger partial charge in [0.25, 0.3) is 5.97 Å². The second-order valence-electron chi connectivity index (χ2n) is 4.99. The molecule has 228 valence electrons. The van der Waals surface area contributed by atoms with Crippen LogP contribution in [0.25, 0.3) is 0 Å². The molecular weight excluding hydrogens is 694 g/mol. The molecule has 0 aromatic carbocycles. The first-order chi connectivity index (χ1) is 10.1. The van der Waals surface area contributed by atoms with Gasteiger partial charge in [-0.15, -0.1) is 0 Å². The van der Waals surface area contributed by atoms with E-state index in [0.29, 0.717) is 6.47 Å². The zero-order chi connectivity index (χ0) is 20.6. The summed E-state index contributed by atoms with van der Waals surface area (Å²) in [6.07, 6.45) is -0.667. The minimum absolute atomic E-state index is 0. The van der Waals surface area contributed by atoms with E-state index in [9.17, 15) is 0 Å². The molecule has 0 aliphatic heterocycles. The molecule has 0 heterocycles. The maximum absolute atomic E-state index is 9.00. The molecule has 0 aromatic heterocycles. The Hall–Kier alpha value is 1.36. The maximum atomic E-state index is 9.00. The summed E-state index contributed by atoms with van der Waals surface area (Å²) in [5, 5.41) is 46.4. The minimum atomic E-state index is -0.833. The van der Waals surface area contributed by atoms with E-state index in [2.05, 4.69) is 0 Å². The van der Waals surface area contributed by atoms with Crippen molar-refractivity contribution in [1.82, 2.24) is 6.15 Å². The van der Waals surface area contributed by atoms with Crippen molar-refractivity contribution in [3.63, 3.8) is 0 Å². The fourth-order valence-corrected chi connectivity index (χ4v) is 0. The Labute approximate surface area is 281 Å². The van der Waals surface area contributed by atoms with Gasteiger partial charge in [0.1, 0.15) is 0 Å². The van der Waals surface area contributed by atoms with Crippen molar-refractivity contribution >= 4 is 50.2 Å². The van der Waals surface area contributed by atoms with Crippen LogP contribution in [0.2, 0.25) is 0 Å². The number of aliphatic carboxylic acids is 1. The Morgan fingerprint density at radius 3 is 0.657 bits per heavy atom. The van der Waals surface area contributed by atoms with E-state index in [-0.39, 0.29) is 169 Å². The van der Waals surface area contributed by atoms with Crippen molar-refractivity contribution in [3.05, 3.63) is 7.43 Å². The summed E-state index contributed by atoms with van der Waals surface area (Å²) in [6, 6.07) is 0. The van der Waals surface area contributed by atoms with Gasteiger partial charge < -0.3 is 54.5 Å². The third-order valence-electron chi connectivity index (χ3n) is 0. The van der Waals surface area contributed by atoms with Gasteiger partial charge in [-0.1, -0.05) is 51.0 Å². The largest absolute Gasteiger partial charge is 2.00 e. The van der Waals surface area contributed by atoms with Crippen LogP contribution < -0.4 is 6.15 Å². The third-order valence-corrected chi connectivity index (χ3v) is 0. The summed E-state index contributed by atoms with van der Waals surface area (Å²) < 4.78 is 0. The topological polar surface area (TPSA) is 221 Å². The number of carboxylic acids is 1. The second kappa shape index (κ2) is 139. The number of rotatable bonds is 0. The van der Waals surface area contributed by atoms with Crippen molar-refractivity contribution in [1.29, 1.82) is 0 Å². The van der Waals surface area contributed by atoms with Crippen molar-refractivity contribution in [2.24, 2.45) is 0 Å². The van der Waals surface area contributed by atoms with Gasteiger partial charge in [-0.25, -0.2) is 0 Å². The molecule has 0 saturated heterocycles. The molecule has 0 unspecified atom stereocenters. The molecule has 0 bridgehead atoms. The van der Waals surface area contributed by atoms with Crippen LogP contribution in [0.1, 0.15) is 107 Å². The number of aliphatic hydroxyl groups excluding tert-OH is 5. The summed E-state index contributed by atoms with van der Waals surface area (Å²) >= 11 is 0. The molecule has 10 N–H and O–H groups in total. The van der Waals surface area contributed by atoms with Crippen molar-refractivity contribution < 1.29 is 88.5 Å². The van der Waals surface area contributed by atoms with Gasteiger partial charge in [0, 0.05) is 74.1 Å². The summed E-state index contributed by atoms with van der Waals surface area (Å²) in [7, 11) is 0. The predicted molar refractivity (Wildman–Crippen MR) is 151 cm³/mol. The van der Waals surface area contributed by atoms with Crippen LogP contribution in [0.15, 0.2) is 0 Å². The standard InChI is InChI=1S/4C3H8O.C2H4O2.CHO2.6CH4.CH3.Ca.H3N.H2O.Ti.W/c4*1-3(2)4;1-2(3)4;2-1-3;;;;;;;;;;;;/h4*3-4H,1-2H3;1H3,(H,3,4);(H,2,3);6*1H4;1H3;;1H3;1H2;;/q;;;;;-1;;;;;;;-1;+2;;;;/p-1. The van der Waals surface area contributed by atoms with E-state index in [1.165, 1.54) is 0 Å². The van der Waals surface area contributed by atoms with Crippen LogP contribution in [0.4, 0.5) is 0 Å². The molecule has 0 rings (SSSR count). The van der Waals surface area contributed by atoms with E-state index in [1.54, 1.807) is 55.4 Å². The molecule has 0 aliphatic carbocycles. The average molecular weight is 763 g/mol. The van der Waals surface area contributed by atoms with E-state index in [0.717, 1.165) is 6.92 Å². The SMILES string of the molecule is C.C.C.C.C.C.CC(=O)O.CC(C)O.CC(C)O.CC(C)O.CC(C)O.N.O=[C-]O.[CH3-].[Ca+2].[OH-].[Ti].[W]. The molecule has 0 amide bonds. The first-order valence-corrected chi connectivity index (χ1v) is 7.01. The van der Waals surface area contributed by atoms with Crippen molar-refractivity contribution in [2.75, 3.05) is 0 Å². The van der Waals surface area contributed by atoms with Crippen LogP contribution in [0, 0.1) is 7.43 Å². The van der Waals surface area contributed by atoms with Crippen LogP contribution >= 0.6 is 0 Å². The molecule has 13 heteroatoms.